The molecule has 1 aromatic heterocycles. The molecule has 0 fully saturated rings. The lowest BCUT2D eigenvalue weighted by atomic mass is 10.1. The van der Waals surface area contributed by atoms with E-state index >= 15 is 0 Å². The molecule has 0 aliphatic carbocycles. The fourth-order valence-corrected chi connectivity index (χ4v) is 2.24. The highest BCUT2D eigenvalue weighted by molar-refractivity contribution is 14.1. The fourth-order valence-electron chi connectivity index (χ4n) is 1.82. The third-order valence-corrected chi connectivity index (χ3v) is 3.55. The monoisotopic (exact) mass is 396 g/mol. The molecular formula is C13H12F3IN2O. The molecule has 1 atom stereocenters. The first-order chi connectivity index (χ1) is 9.28. The smallest absolute Gasteiger partial charge is 0.290 e. The Bertz CT molecular complexity index is 641. The number of halogens is 4. The average Bonchev–Trinajstić information content (AvgIpc) is 2.69. The molecule has 0 saturated carbocycles. The van der Waals surface area contributed by atoms with Gasteiger partial charge in [0.05, 0.1) is 5.69 Å². The van der Waals surface area contributed by atoms with Gasteiger partial charge < -0.3 is 0 Å². The minimum atomic E-state index is -4.41. The summed E-state index contributed by atoms with van der Waals surface area (Å²) in [6, 6.07) is 7.17. The molecule has 108 valence electrons. The van der Waals surface area contributed by atoms with Gasteiger partial charge in [-0.1, -0.05) is 34.7 Å². The molecule has 20 heavy (non-hydrogen) atoms. The molecule has 0 aliphatic rings. The summed E-state index contributed by atoms with van der Waals surface area (Å²) in [5.41, 5.74) is 0.950. The zero-order valence-electron chi connectivity index (χ0n) is 10.6. The van der Waals surface area contributed by atoms with E-state index in [1.165, 1.54) is 10.8 Å². The van der Waals surface area contributed by atoms with Gasteiger partial charge in [0.1, 0.15) is 6.54 Å². The maximum atomic E-state index is 12.3. The van der Waals surface area contributed by atoms with E-state index in [0.29, 0.717) is 14.2 Å². The van der Waals surface area contributed by atoms with Gasteiger partial charge in [-0.2, -0.15) is 13.2 Å². The zero-order valence-corrected chi connectivity index (χ0v) is 12.7. The molecule has 0 N–H and O–H groups in total. The first-order valence-corrected chi connectivity index (χ1v) is 7.11. The van der Waals surface area contributed by atoms with Crippen molar-refractivity contribution in [3.05, 3.63) is 52.7 Å². The summed E-state index contributed by atoms with van der Waals surface area (Å²) >= 11 is 2.26. The van der Waals surface area contributed by atoms with E-state index in [1.807, 2.05) is 19.1 Å². The second kappa shape index (κ2) is 5.63. The molecule has 7 heteroatoms. The standard InChI is InChI=1S/C13H12F3IN2O/c1-9(17)10-2-4-11(5-3-10)19-7-6-18(12(19)20)8-13(14,15)16/h2-7,9H,8H2,1H3. The van der Waals surface area contributed by atoms with Gasteiger partial charge in [0.15, 0.2) is 0 Å². The summed E-state index contributed by atoms with van der Waals surface area (Å²) in [7, 11) is 0. The first kappa shape index (κ1) is 15.1. The van der Waals surface area contributed by atoms with Crippen LogP contribution >= 0.6 is 22.6 Å². The summed E-state index contributed by atoms with van der Waals surface area (Å²) in [4.78, 5) is 11.9. The lowest BCUT2D eigenvalue weighted by Crippen LogP contribution is -2.28. The van der Waals surface area contributed by atoms with E-state index in [1.54, 1.807) is 12.1 Å². The van der Waals surface area contributed by atoms with Gasteiger partial charge >= 0.3 is 11.9 Å². The van der Waals surface area contributed by atoms with Crippen molar-refractivity contribution in [1.29, 1.82) is 0 Å². The molecule has 1 aromatic carbocycles. The van der Waals surface area contributed by atoms with Crippen LogP contribution in [-0.4, -0.2) is 15.3 Å². The van der Waals surface area contributed by atoms with E-state index in [-0.39, 0.29) is 0 Å². The van der Waals surface area contributed by atoms with Crippen molar-refractivity contribution in [1.82, 2.24) is 9.13 Å². The average molecular weight is 396 g/mol. The number of rotatable bonds is 3. The number of hydrogen-bond donors (Lipinski definition) is 0. The molecule has 0 bridgehead atoms. The lowest BCUT2D eigenvalue weighted by molar-refractivity contribution is -0.141. The molecule has 0 amide bonds. The molecular weight excluding hydrogens is 384 g/mol. The van der Waals surface area contributed by atoms with E-state index in [0.717, 1.165) is 11.8 Å². The predicted octanol–water partition coefficient (Wildman–Crippen LogP) is 3.70. The second-order valence-corrected chi connectivity index (χ2v) is 6.27. The Hall–Kier alpha value is -1.25. The summed E-state index contributed by atoms with van der Waals surface area (Å²) in [5.74, 6) is 0. The van der Waals surface area contributed by atoms with Gasteiger partial charge in [0.2, 0.25) is 0 Å². The molecule has 2 rings (SSSR count). The van der Waals surface area contributed by atoms with Gasteiger partial charge in [0.25, 0.3) is 0 Å². The van der Waals surface area contributed by atoms with Gasteiger partial charge in [-0.25, -0.2) is 4.79 Å². The largest absolute Gasteiger partial charge is 0.406 e. The van der Waals surface area contributed by atoms with Crippen molar-refractivity contribution in [3.8, 4) is 5.69 Å². The summed E-state index contributed by atoms with van der Waals surface area (Å²) in [6.07, 6.45) is -1.92. The Labute approximate surface area is 127 Å². The Morgan fingerprint density at radius 2 is 1.80 bits per heavy atom. The fraction of sp³-hybridized carbons (Fsp3) is 0.308. The third kappa shape index (κ3) is 3.44. The first-order valence-electron chi connectivity index (χ1n) is 5.87. The van der Waals surface area contributed by atoms with Crippen LogP contribution in [0.15, 0.2) is 41.5 Å². The third-order valence-electron chi connectivity index (χ3n) is 2.83. The van der Waals surface area contributed by atoms with E-state index in [4.69, 9.17) is 0 Å². The number of benzene rings is 1. The topological polar surface area (TPSA) is 26.9 Å². The Kier molecular flexibility index (Phi) is 4.26. The molecule has 0 saturated heterocycles. The highest BCUT2D eigenvalue weighted by Crippen LogP contribution is 2.23. The minimum absolute atomic E-state index is 0.327. The van der Waals surface area contributed by atoms with Crippen LogP contribution in [0.2, 0.25) is 0 Å². The molecule has 0 aliphatic heterocycles. The molecule has 2 aromatic rings. The van der Waals surface area contributed by atoms with Crippen molar-refractivity contribution >= 4 is 22.6 Å². The second-order valence-electron chi connectivity index (χ2n) is 4.40. The highest BCUT2D eigenvalue weighted by Gasteiger charge is 2.29. The SMILES string of the molecule is CC(I)c1ccc(-n2ccn(CC(F)(F)F)c2=O)cc1. The quantitative estimate of drug-likeness (QED) is 0.575. The lowest BCUT2D eigenvalue weighted by Gasteiger charge is -2.07. The van der Waals surface area contributed by atoms with Crippen LogP contribution in [0.4, 0.5) is 13.2 Å². The van der Waals surface area contributed by atoms with Crippen molar-refractivity contribution < 1.29 is 13.2 Å². The Morgan fingerprint density at radius 3 is 2.30 bits per heavy atom. The van der Waals surface area contributed by atoms with E-state index < -0.39 is 18.4 Å². The van der Waals surface area contributed by atoms with Crippen LogP contribution < -0.4 is 5.69 Å². The summed E-state index contributed by atoms with van der Waals surface area (Å²) in [6.45, 7) is 0.753. The van der Waals surface area contributed by atoms with E-state index in [2.05, 4.69) is 22.6 Å². The summed E-state index contributed by atoms with van der Waals surface area (Å²) in [5, 5.41) is 0. The van der Waals surface area contributed by atoms with Gasteiger partial charge in [0, 0.05) is 16.3 Å². The zero-order chi connectivity index (χ0) is 14.9. The highest BCUT2D eigenvalue weighted by atomic mass is 127. The molecule has 1 heterocycles. The van der Waals surface area contributed by atoms with Gasteiger partial charge in [-0.3, -0.25) is 9.13 Å². The van der Waals surface area contributed by atoms with Crippen LogP contribution in [0.25, 0.3) is 5.69 Å². The number of hydrogen-bond acceptors (Lipinski definition) is 1. The molecule has 0 spiro atoms. The van der Waals surface area contributed by atoms with Gasteiger partial charge in [-0.15, -0.1) is 0 Å². The maximum absolute atomic E-state index is 12.3. The molecule has 0 radical (unpaired) electrons. The summed E-state index contributed by atoms with van der Waals surface area (Å²) < 4.78 is 39.1. The van der Waals surface area contributed by atoms with Crippen molar-refractivity contribution in [2.24, 2.45) is 0 Å². The number of imidazole rings is 1. The number of aromatic nitrogens is 2. The molecule has 3 nitrogen and oxygen atoms in total. The number of alkyl halides is 4. The number of nitrogens with zero attached hydrogens (tertiary/aromatic N) is 2. The van der Waals surface area contributed by atoms with Crippen LogP contribution in [0.1, 0.15) is 16.4 Å². The van der Waals surface area contributed by atoms with Crippen molar-refractivity contribution in [3.63, 3.8) is 0 Å². The Balaban J connectivity index is 2.32. The van der Waals surface area contributed by atoms with Gasteiger partial charge in [-0.05, 0) is 24.6 Å². The van der Waals surface area contributed by atoms with E-state index in [9.17, 15) is 18.0 Å². The maximum Gasteiger partial charge on any atom is 0.406 e. The van der Waals surface area contributed by atoms with Crippen LogP contribution in [0, 0.1) is 0 Å². The van der Waals surface area contributed by atoms with Crippen LogP contribution in [0.3, 0.4) is 0 Å². The molecule has 1 unspecified atom stereocenters. The predicted molar refractivity (Wildman–Crippen MR) is 78.5 cm³/mol. The Morgan fingerprint density at radius 1 is 1.20 bits per heavy atom. The van der Waals surface area contributed by atoms with Crippen molar-refractivity contribution in [2.45, 2.75) is 23.6 Å². The van der Waals surface area contributed by atoms with Crippen molar-refractivity contribution in [2.75, 3.05) is 0 Å². The van der Waals surface area contributed by atoms with Crippen LogP contribution in [0.5, 0.6) is 0 Å². The normalized spacial score (nSPS) is 13.4. The minimum Gasteiger partial charge on any atom is -0.290 e. The van der Waals surface area contributed by atoms with Crippen LogP contribution in [-0.2, 0) is 6.54 Å².